The number of nitrogens with zero attached hydrogens (tertiary/aromatic N) is 2. The van der Waals surface area contributed by atoms with Crippen LogP contribution in [0.25, 0.3) is 0 Å². The van der Waals surface area contributed by atoms with E-state index in [0.29, 0.717) is 54.4 Å². The molecule has 2 heterocycles. The molecule has 2 aliphatic rings. The third-order valence-electron chi connectivity index (χ3n) is 7.58. The Morgan fingerprint density at radius 3 is 2.34 bits per heavy atom. The lowest BCUT2D eigenvalue weighted by molar-refractivity contribution is -0.120. The Kier molecular flexibility index (Phi) is 8.18. The summed E-state index contributed by atoms with van der Waals surface area (Å²) in [4.78, 5) is 28.3. The summed E-state index contributed by atoms with van der Waals surface area (Å²) in [5.74, 6) is 0.508. The lowest BCUT2D eigenvalue weighted by Gasteiger charge is -2.31. The van der Waals surface area contributed by atoms with E-state index in [-0.39, 0.29) is 23.3 Å². The van der Waals surface area contributed by atoms with Crippen LogP contribution < -0.4 is 24.4 Å². The first-order chi connectivity index (χ1) is 19.7. The maximum atomic E-state index is 13.4. The molecule has 2 aliphatic heterocycles. The SMILES string of the molecule is COc1ccc(C(=O)N2CCc3ccc(NC(=O)[C@H]4CCCN(S(=O)(=O)c5ccc(OC)c(OC)c5)C4)cc32)cc1. The number of hydrogen-bond acceptors (Lipinski definition) is 7. The average Bonchev–Trinajstić information content (AvgIpc) is 3.43. The van der Waals surface area contributed by atoms with Crippen molar-refractivity contribution in [2.24, 2.45) is 5.92 Å². The molecule has 41 heavy (non-hydrogen) atoms. The molecule has 1 saturated heterocycles. The Morgan fingerprint density at radius 2 is 1.63 bits per heavy atom. The van der Waals surface area contributed by atoms with Crippen molar-refractivity contribution in [3.63, 3.8) is 0 Å². The van der Waals surface area contributed by atoms with E-state index >= 15 is 0 Å². The van der Waals surface area contributed by atoms with E-state index in [1.165, 1.54) is 30.7 Å². The van der Waals surface area contributed by atoms with Crippen LogP contribution in [0.2, 0.25) is 0 Å². The molecule has 11 heteroatoms. The van der Waals surface area contributed by atoms with Gasteiger partial charge in [-0.25, -0.2) is 8.42 Å². The van der Waals surface area contributed by atoms with Gasteiger partial charge in [-0.05, 0) is 73.4 Å². The Balaban J connectivity index is 1.29. The average molecular weight is 580 g/mol. The summed E-state index contributed by atoms with van der Waals surface area (Å²) < 4.78 is 43.9. The molecule has 0 bridgehead atoms. The molecule has 10 nitrogen and oxygen atoms in total. The third-order valence-corrected chi connectivity index (χ3v) is 9.44. The summed E-state index contributed by atoms with van der Waals surface area (Å²) in [5.41, 5.74) is 2.88. The number of benzene rings is 3. The smallest absolute Gasteiger partial charge is 0.258 e. The van der Waals surface area contributed by atoms with E-state index in [2.05, 4.69) is 5.32 Å². The summed E-state index contributed by atoms with van der Waals surface area (Å²) >= 11 is 0. The Hall–Kier alpha value is -4.09. The molecule has 5 rings (SSSR count). The van der Waals surface area contributed by atoms with Crippen LogP contribution in [0, 0.1) is 5.92 Å². The van der Waals surface area contributed by atoms with Gasteiger partial charge in [0.1, 0.15) is 5.75 Å². The lowest BCUT2D eigenvalue weighted by Crippen LogP contribution is -2.43. The predicted octanol–water partition coefficient (Wildman–Crippen LogP) is 3.95. The molecule has 3 aromatic rings. The largest absolute Gasteiger partial charge is 0.497 e. The maximum Gasteiger partial charge on any atom is 0.258 e. The van der Waals surface area contributed by atoms with E-state index in [1.807, 2.05) is 18.2 Å². The van der Waals surface area contributed by atoms with Crippen molar-refractivity contribution in [2.75, 3.05) is 51.2 Å². The number of amides is 2. The zero-order valence-electron chi connectivity index (χ0n) is 23.3. The van der Waals surface area contributed by atoms with Crippen LogP contribution in [-0.4, -0.2) is 65.5 Å². The number of carbonyl (C=O) groups excluding carboxylic acids is 2. The molecule has 0 saturated carbocycles. The van der Waals surface area contributed by atoms with Crippen molar-refractivity contribution in [2.45, 2.75) is 24.2 Å². The number of rotatable bonds is 8. The Bertz CT molecular complexity index is 1560. The minimum Gasteiger partial charge on any atom is -0.497 e. The van der Waals surface area contributed by atoms with E-state index < -0.39 is 15.9 Å². The van der Waals surface area contributed by atoms with Gasteiger partial charge in [-0.15, -0.1) is 0 Å². The van der Waals surface area contributed by atoms with Gasteiger partial charge in [0.15, 0.2) is 11.5 Å². The normalized spacial score (nSPS) is 17.0. The first-order valence-electron chi connectivity index (χ1n) is 13.4. The van der Waals surface area contributed by atoms with Crippen LogP contribution in [0.5, 0.6) is 17.2 Å². The van der Waals surface area contributed by atoms with Crippen LogP contribution in [0.4, 0.5) is 11.4 Å². The van der Waals surface area contributed by atoms with E-state index in [0.717, 1.165) is 17.7 Å². The first kappa shape index (κ1) is 28.4. The molecule has 2 amide bonds. The molecule has 1 N–H and O–H groups in total. The second-order valence-electron chi connectivity index (χ2n) is 9.99. The zero-order chi connectivity index (χ0) is 29.1. The van der Waals surface area contributed by atoms with Crippen molar-refractivity contribution in [3.05, 3.63) is 71.8 Å². The molecule has 216 valence electrons. The summed E-state index contributed by atoms with van der Waals surface area (Å²) in [6.45, 7) is 0.931. The predicted molar refractivity (Wildman–Crippen MR) is 154 cm³/mol. The van der Waals surface area contributed by atoms with Crippen molar-refractivity contribution in [1.82, 2.24) is 4.31 Å². The second-order valence-corrected chi connectivity index (χ2v) is 11.9. The van der Waals surface area contributed by atoms with Gasteiger partial charge < -0.3 is 24.4 Å². The molecule has 0 aromatic heterocycles. The third kappa shape index (κ3) is 5.73. The molecule has 0 spiro atoms. The van der Waals surface area contributed by atoms with Crippen LogP contribution in [0.3, 0.4) is 0 Å². The van der Waals surface area contributed by atoms with Gasteiger partial charge in [0.25, 0.3) is 5.91 Å². The van der Waals surface area contributed by atoms with Crippen molar-refractivity contribution >= 4 is 33.2 Å². The minimum atomic E-state index is -3.85. The summed E-state index contributed by atoms with van der Waals surface area (Å²) in [5, 5.41) is 2.95. The highest BCUT2D eigenvalue weighted by Gasteiger charge is 2.34. The fraction of sp³-hybridized carbons (Fsp3) is 0.333. The maximum absolute atomic E-state index is 13.4. The standard InChI is InChI=1S/C30H33N3O7S/c1-38-24-10-7-21(8-11-24)30(35)33-16-14-20-6-9-23(17-26(20)33)31-29(34)22-5-4-15-32(19-22)41(36,37)25-12-13-27(39-2)28(18-25)40-3/h6-13,17-18,22H,4-5,14-16,19H2,1-3H3,(H,31,34)/t22-/m0/s1. The molecular weight excluding hydrogens is 546 g/mol. The zero-order valence-corrected chi connectivity index (χ0v) is 24.1. The number of anilines is 2. The van der Waals surface area contributed by atoms with Gasteiger partial charge in [0.05, 0.1) is 32.1 Å². The summed E-state index contributed by atoms with van der Waals surface area (Å²) in [7, 11) is 0.656. The highest BCUT2D eigenvalue weighted by atomic mass is 32.2. The van der Waals surface area contributed by atoms with Crippen molar-refractivity contribution in [1.29, 1.82) is 0 Å². The van der Waals surface area contributed by atoms with Crippen LogP contribution in [0.1, 0.15) is 28.8 Å². The molecular formula is C30H33N3O7S. The molecule has 1 fully saturated rings. The number of hydrogen-bond donors (Lipinski definition) is 1. The van der Waals surface area contributed by atoms with Crippen molar-refractivity contribution in [3.8, 4) is 17.2 Å². The van der Waals surface area contributed by atoms with Crippen LogP contribution >= 0.6 is 0 Å². The number of sulfonamides is 1. The quantitative estimate of drug-likeness (QED) is 0.430. The summed E-state index contributed by atoms with van der Waals surface area (Å²) in [6, 6.07) is 17.0. The monoisotopic (exact) mass is 579 g/mol. The lowest BCUT2D eigenvalue weighted by atomic mass is 9.98. The topological polar surface area (TPSA) is 114 Å². The number of nitrogens with one attached hydrogen (secondary N) is 1. The number of piperidine rings is 1. The van der Waals surface area contributed by atoms with E-state index in [9.17, 15) is 18.0 Å². The van der Waals surface area contributed by atoms with Gasteiger partial charge in [0.2, 0.25) is 15.9 Å². The molecule has 3 aromatic carbocycles. The fourth-order valence-electron chi connectivity index (χ4n) is 5.30. The molecule has 0 radical (unpaired) electrons. The fourth-order valence-corrected chi connectivity index (χ4v) is 6.84. The summed E-state index contributed by atoms with van der Waals surface area (Å²) in [6.07, 6.45) is 1.84. The number of ether oxygens (including phenoxy) is 3. The minimum absolute atomic E-state index is 0.0650. The van der Waals surface area contributed by atoms with Crippen LogP contribution in [0.15, 0.2) is 65.6 Å². The van der Waals surface area contributed by atoms with Crippen LogP contribution in [-0.2, 0) is 21.2 Å². The second kappa shape index (κ2) is 11.8. The number of fused-ring (bicyclic) bond motifs is 1. The first-order valence-corrected chi connectivity index (χ1v) is 14.8. The van der Waals surface area contributed by atoms with Gasteiger partial charge >= 0.3 is 0 Å². The Labute approximate surface area is 239 Å². The van der Waals surface area contributed by atoms with Gasteiger partial charge in [0, 0.05) is 42.6 Å². The Morgan fingerprint density at radius 1 is 0.878 bits per heavy atom. The molecule has 0 aliphatic carbocycles. The van der Waals surface area contributed by atoms with E-state index in [1.54, 1.807) is 42.3 Å². The molecule has 1 atom stereocenters. The highest BCUT2D eigenvalue weighted by molar-refractivity contribution is 7.89. The molecule has 0 unspecified atom stereocenters. The van der Waals surface area contributed by atoms with Gasteiger partial charge in [-0.1, -0.05) is 6.07 Å². The number of methoxy groups -OCH3 is 3. The van der Waals surface area contributed by atoms with Gasteiger partial charge in [-0.2, -0.15) is 4.31 Å². The number of carbonyl (C=O) groups is 2. The van der Waals surface area contributed by atoms with Gasteiger partial charge in [-0.3, -0.25) is 9.59 Å². The van der Waals surface area contributed by atoms with E-state index in [4.69, 9.17) is 14.2 Å². The highest BCUT2D eigenvalue weighted by Crippen LogP contribution is 2.34. The van der Waals surface area contributed by atoms with Crippen molar-refractivity contribution < 1.29 is 32.2 Å².